The summed E-state index contributed by atoms with van der Waals surface area (Å²) in [4.78, 5) is 22.1. The van der Waals surface area contributed by atoms with Crippen LogP contribution in [0.15, 0.2) is 30.3 Å². The number of halogens is 2. The number of pyridine rings is 1. The average molecular weight is 636 g/mol. The number of methoxy groups -OCH3 is 1. The van der Waals surface area contributed by atoms with Gasteiger partial charge in [-0.15, -0.1) is 0 Å². The number of piperidine rings is 1. The van der Waals surface area contributed by atoms with Gasteiger partial charge in [0, 0.05) is 60.8 Å². The normalized spacial score (nSPS) is 17.5. The van der Waals surface area contributed by atoms with Crippen LogP contribution in [0.5, 0.6) is 5.75 Å². The van der Waals surface area contributed by atoms with Gasteiger partial charge in [0.15, 0.2) is 17.7 Å². The number of aromatic nitrogens is 1. The molecule has 1 fully saturated rings. The lowest BCUT2D eigenvalue weighted by molar-refractivity contribution is -0.160. The number of benzene rings is 2. The van der Waals surface area contributed by atoms with Crippen molar-refractivity contribution in [2.75, 3.05) is 31.6 Å². The van der Waals surface area contributed by atoms with Crippen LogP contribution in [0.25, 0.3) is 11.1 Å². The van der Waals surface area contributed by atoms with Gasteiger partial charge >= 0.3 is 5.97 Å². The van der Waals surface area contributed by atoms with Crippen molar-refractivity contribution in [1.82, 2.24) is 9.88 Å². The lowest BCUT2D eigenvalue weighted by Gasteiger charge is -2.41. The second-order valence-electron chi connectivity index (χ2n) is 14.5. The molecule has 0 amide bonds. The fraction of sp³-hybridized carbons (Fsp3) is 0.514. The maximum atomic E-state index is 14.9. The Hall–Kier alpha value is -3.56. The summed E-state index contributed by atoms with van der Waals surface area (Å²) in [6, 6.07) is 8.88. The molecule has 0 aliphatic carbocycles. The van der Waals surface area contributed by atoms with E-state index in [2.05, 4.69) is 36.9 Å². The molecule has 248 valence electrons. The van der Waals surface area contributed by atoms with E-state index in [0.717, 1.165) is 59.6 Å². The molecule has 2 aliphatic heterocycles. The number of carbonyl (C=O) groups is 1. The molecule has 9 heteroatoms. The summed E-state index contributed by atoms with van der Waals surface area (Å²) in [5, 5.41) is 10.5. The van der Waals surface area contributed by atoms with E-state index in [4.69, 9.17) is 14.5 Å². The van der Waals surface area contributed by atoms with Crippen molar-refractivity contribution >= 4 is 11.7 Å². The molecular formula is C37H47F2N3O4. The number of rotatable bonds is 8. The van der Waals surface area contributed by atoms with E-state index in [1.54, 1.807) is 0 Å². The first kappa shape index (κ1) is 33.8. The molecule has 1 saturated heterocycles. The topological polar surface area (TPSA) is 75.1 Å². The lowest BCUT2D eigenvalue weighted by atomic mass is 9.81. The Morgan fingerprint density at radius 3 is 2.37 bits per heavy atom. The number of anilines is 1. The van der Waals surface area contributed by atoms with E-state index in [0.29, 0.717) is 30.8 Å². The fourth-order valence-corrected chi connectivity index (χ4v) is 6.76. The Kier molecular flexibility index (Phi) is 9.49. The maximum absolute atomic E-state index is 14.9. The SMILES string of the molecule is COc1ccc(F)c(CN2CCc3cc(-c4c(C)nc(C)c(C(OC(C)(C)C)C(=O)O)c4N4CCC(C)(C)CC4)ccc3C2)c1F. The smallest absolute Gasteiger partial charge is 0.337 e. The molecule has 0 spiro atoms. The molecular weight excluding hydrogens is 588 g/mol. The minimum absolute atomic E-state index is 0.00751. The van der Waals surface area contributed by atoms with Gasteiger partial charge in [-0.3, -0.25) is 9.88 Å². The molecule has 1 unspecified atom stereocenters. The molecule has 1 N–H and O–H groups in total. The molecule has 1 aromatic heterocycles. The van der Waals surface area contributed by atoms with Crippen LogP contribution in [0.1, 0.15) is 87.2 Å². The molecule has 0 bridgehead atoms. The summed E-state index contributed by atoms with van der Waals surface area (Å²) in [6.45, 7) is 17.0. The van der Waals surface area contributed by atoms with Gasteiger partial charge in [0.05, 0.1) is 18.4 Å². The standard InChI is InChI=1S/C37H47F2N3O4/c1-22-30(25-9-10-26-20-41(16-13-24(26)19-25)21-27-28(38)11-12-29(45-8)32(27)39)33(42-17-14-37(6,7)15-18-42)31(23(2)40-22)34(35(43)44)46-36(3,4)5/h9-12,19,34H,13-18,20-21H2,1-8H3,(H,43,44). The molecule has 1 atom stereocenters. The first-order valence-corrected chi connectivity index (χ1v) is 16.1. The van der Waals surface area contributed by atoms with Crippen LogP contribution in [-0.4, -0.2) is 53.3 Å². The summed E-state index contributed by atoms with van der Waals surface area (Å²) in [6.07, 6.45) is 1.50. The fourth-order valence-electron chi connectivity index (χ4n) is 6.76. The first-order valence-electron chi connectivity index (χ1n) is 16.1. The predicted molar refractivity (Wildman–Crippen MR) is 176 cm³/mol. The summed E-state index contributed by atoms with van der Waals surface area (Å²) in [5.41, 5.74) is 6.67. The second kappa shape index (κ2) is 12.9. The Morgan fingerprint density at radius 2 is 1.74 bits per heavy atom. The number of ether oxygens (including phenoxy) is 2. The van der Waals surface area contributed by atoms with Gasteiger partial charge in [0.1, 0.15) is 5.82 Å². The number of hydrogen-bond acceptors (Lipinski definition) is 6. The number of hydrogen-bond donors (Lipinski definition) is 1. The van der Waals surface area contributed by atoms with Crippen molar-refractivity contribution in [3.05, 3.63) is 75.6 Å². The Morgan fingerprint density at radius 1 is 1.04 bits per heavy atom. The van der Waals surface area contributed by atoms with E-state index < -0.39 is 29.3 Å². The zero-order valence-corrected chi connectivity index (χ0v) is 28.4. The highest BCUT2D eigenvalue weighted by molar-refractivity contribution is 5.88. The highest BCUT2D eigenvalue weighted by Gasteiger charge is 2.36. The quantitative estimate of drug-likeness (QED) is 0.271. The summed E-state index contributed by atoms with van der Waals surface area (Å²) >= 11 is 0. The van der Waals surface area contributed by atoms with E-state index in [1.807, 2.05) is 39.5 Å². The molecule has 2 aromatic carbocycles. The lowest BCUT2D eigenvalue weighted by Crippen LogP contribution is -2.39. The molecule has 0 radical (unpaired) electrons. The van der Waals surface area contributed by atoms with Crippen molar-refractivity contribution in [2.45, 2.75) is 92.5 Å². The molecule has 3 aromatic rings. The van der Waals surface area contributed by atoms with E-state index in [-0.39, 0.29) is 23.3 Å². The third kappa shape index (κ3) is 7.05. The largest absolute Gasteiger partial charge is 0.494 e. The Bertz CT molecular complexity index is 1620. The average Bonchev–Trinajstić information content (AvgIpc) is 2.97. The number of carboxylic acid groups (broad SMARTS) is 1. The van der Waals surface area contributed by atoms with Crippen molar-refractivity contribution < 1.29 is 28.2 Å². The number of fused-ring (bicyclic) bond motifs is 1. The number of aryl methyl sites for hydroxylation is 2. The molecule has 5 rings (SSSR count). The summed E-state index contributed by atoms with van der Waals surface area (Å²) < 4.78 is 40.8. The van der Waals surface area contributed by atoms with Gasteiger partial charge in [-0.05, 0) is 88.1 Å². The van der Waals surface area contributed by atoms with Crippen molar-refractivity contribution in [1.29, 1.82) is 0 Å². The maximum Gasteiger partial charge on any atom is 0.337 e. The van der Waals surface area contributed by atoms with Crippen LogP contribution in [0.2, 0.25) is 0 Å². The van der Waals surface area contributed by atoms with Crippen LogP contribution in [0.4, 0.5) is 14.5 Å². The van der Waals surface area contributed by atoms with E-state index in [1.165, 1.54) is 19.2 Å². The monoisotopic (exact) mass is 635 g/mol. The van der Waals surface area contributed by atoms with E-state index >= 15 is 0 Å². The molecule has 46 heavy (non-hydrogen) atoms. The first-order chi connectivity index (χ1) is 21.6. The van der Waals surface area contributed by atoms with Crippen LogP contribution in [0, 0.1) is 30.9 Å². The molecule has 3 heterocycles. The third-order valence-electron chi connectivity index (χ3n) is 9.31. The minimum Gasteiger partial charge on any atom is -0.494 e. The van der Waals surface area contributed by atoms with Gasteiger partial charge in [-0.25, -0.2) is 13.6 Å². The van der Waals surface area contributed by atoms with Gasteiger partial charge in [-0.1, -0.05) is 32.0 Å². The second-order valence-corrected chi connectivity index (χ2v) is 14.5. The number of carboxylic acids is 1. The molecule has 2 aliphatic rings. The van der Waals surface area contributed by atoms with Crippen LogP contribution >= 0.6 is 0 Å². The Labute approximate surface area is 271 Å². The zero-order chi connectivity index (χ0) is 33.6. The zero-order valence-electron chi connectivity index (χ0n) is 28.4. The summed E-state index contributed by atoms with van der Waals surface area (Å²) in [7, 11) is 1.37. The van der Waals surface area contributed by atoms with Crippen molar-refractivity contribution in [3.8, 4) is 16.9 Å². The van der Waals surface area contributed by atoms with Gasteiger partial charge in [-0.2, -0.15) is 0 Å². The third-order valence-corrected chi connectivity index (χ3v) is 9.31. The van der Waals surface area contributed by atoms with Gasteiger partial charge in [0.25, 0.3) is 0 Å². The molecule has 0 saturated carbocycles. The van der Waals surface area contributed by atoms with Crippen molar-refractivity contribution in [2.24, 2.45) is 5.41 Å². The number of nitrogens with zero attached hydrogens (tertiary/aromatic N) is 3. The van der Waals surface area contributed by atoms with Crippen molar-refractivity contribution in [3.63, 3.8) is 0 Å². The van der Waals surface area contributed by atoms with Crippen LogP contribution in [0.3, 0.4) is 0 Å². The minimum atomic E-state index is -1.18. The number of aliphatic carboxylic acids is 1. The van der Waals surface area contributed by atoms with E-state index in [9.17, 15) is 18.7 Å². The highest BCUT2D eigenvalue weighted by Crippen LogP contribution is 2.45. The predicted octanol–water partition coefficient (Wildman–Crippen LogP) is 7.78. The van der Waals surface area contributed by atoms with Gasteiger partial charge in [0.2, 0.25) is 0 Å². The Balaban J connectivity index is 1.56. The van der Waals surface area contributed by atoms with Gasteiger partial charge < -0.3 is 19.5 Å². The summed E-state index contributed by atoms with van der Waals surface area (Å²) in [5.74, 6) is -2.25. The van der Waals surface area contributed by atoms with Crippen LogP contribution in [-0.2, 0) is 29.0 Å². The molecule has 7 nitrogen and oxygen atoms in total. The van der Waals surface area contributed by atoms with Crippen LogP contribution < -0.4 is 9.64 Å². The highest BCUT2D eigenvalue weighted by atomic mass is 19.1.